The molecule has 1 heterocycles. The van der Waals surface area contributed by atoms with Gasteiger partial charge in [-0.2, -0.15) is 0 Å². The third-order valence-electron chi connectivity index (χ3n) is 9.77. The molecule has 9 atom stereocenters. The summed E-state index contributed by atoms with van der Waals surface area (Å²) in [5, 5.41) is 11.2. The van der Waals surface area contributed by atoms with Crippen LogP contribution in [0, 0.1) is 34.0 Å². The third kappa shape index (κ3) is 1.81. The van der Waals surface area contributed by atoms with E-state index in [4.69, 9.17) is 9.47 Å². The first kappa shape index (κ1) is 17.5. The largest absolute Gasteiger partial charge is 0.462 e. The van der Waals surface area contributed by atoms with Crippen LogP contribution in [-0.4, -0.2) is 35.0 Å². The summed E-state index contributed by atoms with van der Waals surface area (Å²) in [6.45, 7) is 10.9. The van der Waals surface area contributed by atoms with Crippen molar-refractivity contribution in [3.8, 4) is 0 Å². The van der Waals surface area contributed by atoms with Crippen molar-refractivity contribution >= 4 is 5.97 Å². The molecule has 4 nitrogen and oxygen atoms in total. The summed E-state index contributed by atoms with van der Waals surface area (Å²) in [5.41, 5.74) is -0.0633. The van der Waals surface area contributed by atoms with E-state index in [2.05, 4.69) is 27.7 Å². The molecule has 146 valence electrons. The van der Waals surface area contributed by atoms with Gasteiger partial charge in [-0.05, 0) is 68.6 Å². The lowest BCUT2D eigenvalue weighted by Gasteiger charge is -2.67. The molecule has 1 spiro atoms. The number of carbonyl (C=O) groups excluding carboxylic acids is 1. The van der Waals surface area contributed by atoms with E-state index in [1.807, 2.05) is 0 Å². The van der Waals surface area contributed by atoms with Gasteiger partial charge in [0.2, 0.25) is 0 Å². The Morgan fingerprint density at radius 1 is 1.12 bits per heavy atom. The summed E-state index contributed by atoms with van der Waals surface area (Å²) in [4.78, 5) is 12.0. The molecule has 0 amide bonds. The molecule has 0 radical (unpaired) electrons. The number of carbonyl (C=O) groups is 1. The van der Waals surface area contributed by atoms with Crippen molar-refractivity contribution < 1.29 is 19.4 Å². The third-order valence-corrected chi connectivity index (χ3v) is 9.77. The lowest BCUT2D eigenvalue weighted by molar-refractivity contribution is -0.251. The van der Waals surface area contributed by atoms with Gasteiger partial charge in [0, 0.05) is 17.8 Å². The highest BCUT2D eigenvalue weighted by molar-refractivity contribution is 5.66. The molecular weight excluding hydrogens is 328 g/mol. The molecule has 0 aromatic carbocycles. The van der Waals surface area contributed by atoms with Gasteiger partial charge in [0.15, 0.2) is 0 Å². The molecule has 0 aromatic heterocycles. The molecule has 1 saturated heterocycles. The zero-order valence-electron chi connectivity index (χ0n) is 16.9. The van der Waals surface area contributed by atoms with Gasteiger partial charge in [0.25, 0.3) is 0 Å². The Morgan fingerprint density at radius 3 is 2.54 bits per heavy atom. The summed E-state index contributed by atoms with van der Waals surface area (Å²) in [5.74, 6) is 1.16. The van der Waals surface area contributed by atoms with E-state index >= 15 is 0 Å². The van der Waals surface area contributed by atoms with Crippen molar-refractivity contribution in [1.29, 1.82) is 0 Å². The summed E-state index contributed by atoms with van der Waals surface area (Å²) in [6, 6.07) is 0. The lowest BCUT2D eigenvalue weighted by atomic mass is 9.39. The summed E-state index contributed by atoms with van der Waals surface area (Å²) < 4.78 is 12.4. The molecule has 4 heteroatoms. The van der Waals surface area contributed by atoms with Crippen molar-refractivity contribution in [3.63, 3.8) is 0 Å². The van der Waals surface area contributed by atoms with Crippen LogP contribution in [0.5, 0.6) is 0 Å². The van der Waals surface area contributed by atoms with Crippen LogP contribution in [0.4, 0.5) is 0 Å². The van der Waals surface area contributed by atoms with E-state index in [-0.39, 0.29) is 46.1 Å². The van der Waals surface area contributed by atoms with Gasteiger partial charge in [-0.3, -0.25) is 4.79 Å². The SMILES string of the molecule is CC(=O)OC1CC2C(C)(C)CCC(O)C2(C)C2CCC3CC12C1OC31C. The standard InChI is InChI=1S/C22H34O4/c1-12(23)25-17-10-15-19(2,3)9-8-16(24)20(15,4)14-7-6-13-11-22(14,17)18-21(13,5)26-18/h13-18,24H,6-11H2,1-5H3. The Bertz CT molecular complexity index is 659. The zero-order chi connectivity index (χ0) is 18.7. The van der Waals surface area contributed by atoms with Crippen molar-refractivity contribution in [1.82, 2.24) is 0 Å². The van der Waals surface area contributed by atoms with Crippen molar-refractivity contribution in [2.45, 2.75) is 97.1 Å². The molecule has 4 saturated carbocycles. The quantitative estimate of drug-likeness (QED) is 0.571. The number of ether oxygens (including phenoxy) is 2. The maximum Gasteiger partial charge on any atom is 0.302 e. The van der Waals surface area contributed by atoms with Crippen molar-refractivity contribution in [3.05, 3.63) is 0 Å². The van der Waals surface area contributed by atoms with E-state index in [1.54, 1.807) is 6.92 Å². The Balaban J connectivity index is 1.65. The van der Waals surface area contributed by atoms with Crippen LogP contribution in [0.15, 0.2) is 0 Å². The number of aliphatic hydroxyl groups excluding tert-OH is 1. The zero-order valence-corrected chi connectivity index (χ0v) is 16.9. The minimum absolute atomic E-state index is 0.0223. The predicted molar refractivity (Wildman–Crippen MR) is 97.3 cm³/mol. The van der Waals surface area contributed by atoms with Crippen molar-refractivity contribution in [2.75, 3.05) is 0 Å². The lowest BCUT2D eigenvalue weighted by Crippen LogP contribution is -2.67. The first-order chi connectivity index (χ1) is 12.1. The molecule has 26 heavy (non-hydrogen) atoms. The van der Waals surface area contributed by atoms with Crippen molar-refractivity contribution in [2.24, 2.45) is 34.0 Å². The Labute approximate surface area is 157 Å². The molecule has 1 aliphatic heterocycles. The minimum atomic E-state index is -0.261. The van der Waals surface area contributed by atoms with Crippen LogP contribution < -0.4 is 0 Å². The Morgan fingerprint density at radius 2 is 1.85 bits per heavy atom. The van der Waals surface area contributed by atoms with E-state index in [9.17, 15) is 9.90 Å². The van der Waals surface area contributed by atoms with Gasteiger partial charge in [-0.15, -0.1) is 0 Å². The van der Waals surface area contributed by atoms with E-state index in [1.165, 1.54) is 6.42 Å². The van der Waals surface area contributed by atoms with Gasteiger partial charge in [0.1, 0.15) is 6.10 Å². The molecule has 5 fully saturated rings. The van der Waals surface area contributed by atoms with Crippen LogP contribution in [0.1, 0.15) is 73.1 Å². The molecule has 5 rings (SSSR count). The second-order valence-corrected chi connectivity index (χ2v) is 11.1. The fourth-order valence-electron chi connectivity index (χ4n) is 8.58. The smallest absolute Gasteiger partial charge is 0.302 e. The highest BCUT2D eigenvalue weighted by Crippen LogP contribution is 2.78. The molecule has 2 bridgehead atoms. The topological polar surface area (TPSA) is 59.1 Å². The van der Waals surface area contributed by atoms with Gasteiger partial charge in [-0.1, -0.05) is 20.8 Å². The summed E-state index contributed by atoms with van der Waals surface area (Å²) in [6.07, 6.45) is 6.10. The number of epoxide rings is 1. The first-order valence-electron chi connectivity index (χ1n) is 10.6. The number of esters is 1. The van der Waals surface area contributed by atoms with Gasteiger partial charge < -0.3 is 14.6 Å². The normalized spacial score (nSPS) is 59.0. The van der Waals surface area contributed by atoms with Gasteiger partial charge >= 0.3 is 5.97 Å². The van der Waals surface area contributed by atoms with E-state index < -0.39 is 0 Å². The number of hydrogen-bond acceptors (Lipinski definition) is 4. The maximum absolute atomic E-state index is 12.0. The number of rotatable bonds is 1. The van der Waals surface area contributed by atoms with E-state index in [0.717, 1.165) is 32.1 Å². The second kappa shape index (κ2) is 4.86. The molecule has 5 aliphatic rings. The highest BCUT2D eigenvalue weighted by atomic mass is 16.6. The van der Waals surface area contributed by atoms with Crippen LogP contribution >= 0.6 is 0 Å². The van der Waals surface area contributed by atoms with Gasteiger partial charge in [-0.25, -0.2) is 0 Å². The fraction of sp³-hybridized carbons (Fsp3) is 0.955. The maximum atomic E-state index is 12.0. The molecule has 9 unspecified atom stereocenters. The molecule has 4 aliphatic carbocycles. The first-order valence-corrected chi connectivity index (χ1v) is 10.6. The molecular formula is C22H34O4. The summed E-state index contributed by atoms with van der Waals surface area (Å²) >= 11 is 0. The molecule has 1 N–H and O–H groups in total. The number of fused-ring (bicyclic) bond motifs is 5. The fourth-order valence-corrected chi connectivity index (χ4v) is 8.58. The minimum Gasteiger partial charge on any atom is -0.462 e. The second-order valence-electron chi connectivity index (χ2n) is 11.1. The van der Waals surface area contributed by atoms with Crippen LogP contribution in [0.2, 0.25) is 0 Å². The van der Waals surface area contributed by atoms with Crippen LogP contribution in [-0.2, 0) is 14.3 Å². The number of aliphatic hydroxyl groups is 1. The van der Waals surface area contributed by atoms with Crippen LogP contribution in [0.3, 0.4) is 0 Å². The monoisotopic (exact) mass is 362 g/mol. The Kier molecular flexibility index (Phi) is 3.27. The van der Waals surface area contributed by atoms with E-state index in [0.29, 0.717) is 17.8 Å². The molecule has 0 aromatic rings. The predicted octanol–water partition coefficient (Wildman–Crippen LogP) is 3.70. The average molecular weight is 363 g/mol. The Hall–Kier alpha value is -0.610. The van der Waals surface area contributed by atoms with Gasteiger partial charge in [0.05, 0.1) is 17.8 Å². The average Bonchev–Trinajstić information content (AvgIpc) is 3.22. The number of hydrogen-bond donors (Lipinski definition) is 1. The summed E-state index contributed by atoms with van der Waals surface area (Å²) in [7, 11) is 0. The van der Waals surface area contributed by atoms with Crippen LogP contribution in [0.25, 0.3) is 0 Å². The highest BCUT2D eigenvalue weighted by Gasteiger charge is 2.82.